The number of aliphatic hydroxyl groups excluding tert-OH is 1. The van der Waals surface area contributed by atoms with E-state index in [2.05, 4.69) is 10.5 Å². The van der Waals surface area contributed by atoms with Crippen LogP contribution >= 0.6 is 11.6 Å². The number of nitrogens with one attached hydrogen (secondary N) is 1. The lowest BCUT2D eigenvalue weighted by Crippen LogP contribution is -2.28. The summed E-state index contributed by atoms with van der Waals surface area (Å²) in [6.07, 6.45) is -2.45. The molecule has 1 saturated carbocycles. The average molecular weight is 389 g/mol. The lowest BCUT2D eigenvalue weighted by atomic mass is 10.1. The third-order valence-electron chi connectivity index (χ3n) is 4.22. The van der Waals surface area contributed by atoms with Gasteiger partial charge in [-0.15, -0.1) is 0 Å². The summed E-state index contributed by atoms with van der Waals surface area (Å²) in [5.74, 6) is -0.239. The molecule has 0 aliphatic heterocycles. The molecule has 1 heterocycles. The Balaban J connectivity index is 1.66. The quantitative estimate of drug-likeness (QED) is 0.786. The van der Waals surface area contributed by atoms with Gasteiger partial charge in [-0.1, -0.05) is 28.9 Å². The average Bonchev–Trinajstić information content (AvgIpc) is 3.37. The van der Waals surface area contributed by atoms with Gasteiger partial charge >= 0.3 is 6.18 Å². The van der Waals surface area contributed by atoms with Crippen molar-refractivity contribution in [1.82, 2.24) is 10.5 Å². The van der Waals surface area contributed by atoms with E-state index in [-0.39, 0.29) is 28.6 Å². The van der Waals surface area contributed by atoms with Gasteiger partial charge in [-0.05, 0) is 37.3 Å². The third-order valence-corrected chi connectivity index (χ3v) is 4.57. The van der Waals surface area contributed by atoms with Crippen LogP contribution in [0.1, 0.15) is 35.3 Å². The highest BCUT2D eigenvalue weighted by molar-refractivity contribution is 6.35. The van der Waals surface area contributed by atoms with Crippen molar-refractivity contribution in [2.24, 2.45) is 5.92 Å². The van der Waals surface area contributed by atoms with Gasteiger partial charge < -0.3 is 14.9 Å². The Morgan fingerprint density at radius 2 is 2.00 bits per heavy atom. The Bertz CT molecular complexity index is 786. The number of alkyl halides is 3. The minimum Gasteiger partial charge on any atom is -0.393 e. The lowest BCUT2D eigenvalue weighted by molar-refractivity contribution is -0.137. The van der Waals surface area contributed by atoms with E-state index in [1.807, 2.05) is 0 Å². The maximum absolute atomic E-state index is 12.6. The number of halogens is 4. The van der Waals surface area contributed by atoms with Gasteiger partial charge in [-0.2, -0.15) is 13.2 Å². The number of amides is 1. The van der Waals surface area contributed by atoms with Crippen molar-refractivity contribution in [2.75, 3.05) is 6.54 Å². The number of aliphatic hydroxyl groups is 1. The predicted octanol–water partition coefficient (Wildman–Crippen LogP) is 3.90. The molecule has 9 heteroatoms. The summed E-state index contributed by atoms with van der Waals surface area (Å²) in [6.45, 7) is 0.259. The smallest absolute Gasteiger partial charge is 0.393 e. The van der Waals surface area contributed by atoms with Crippen LogP contribution in [0.4, 0.5) is 13.2 Å². The van der Waals surface area contributed by atoms with E-state index in [1.54, 1.807) is 0 Å². The zero-order valence-corrected chi connectivity index (χ0v) is 14.3. The van der Waals surface area contributed by atoms with Crippen molar-refractivity contribution in [1.29, 1.82) is 0 Å². The monoisotopic (exact) mass is 388 g/mol. The Labute approximate surface area is 152 Å². The summed E-state index contributed by atoms with van der Waals surface area (Å²) in [5, 5.41) is 15.9. The number of hydrogen-bond acceptors (Lipinski definition) is 4. The molecule has 1 unspecified atom stereocenters. The van der Waals surface area contributed by atoms with Crippen LogP contribution in [-0.2, 0) is 6.18 Å². The first-order chi connectivity index (χ1) is 12.3. The Morgan fingerprint density at radius 1 is 1.35 bits per heavy atom. The second-order valence-electron chi connectivity index (χ2n) is 6.20. The van der Waals surface area contributed by atoms with E-state index in [9.17, 15) is 23.1 Å². The molecule has 1 fully saturated rings. The summed E-state index contributed by atoms with van der Waals surface area (Å²) in [7, 11) is 0. The fourth-order valence-electron chi connectivity index (χ4n) is 2.54. The molecule has 140 valence electrons. The molecule has 5 nitrogen and oxygen atoms in total. The number of carbonyl (C=O) groups excluding carboxylic acids is 1. The highest BCUT2D eigenvalue weighted by Crippen LogP contribution is 2.35. The zero-order chi connectivity index (χ0) is 18.9. The first-order valence-electron chi connectivity index (χ1n) is 8.06. The second-order valence-corrected chi connectivity index (χ2v) is 6.58. The molecule has 1 aromatic carbocycles. The van der Waals surface area contributed by atoms with E-state index in [4.69, 9.17) is 16.1 Å². The van der Waals surface area contributed by atoms with Crippen LogP contribution in [-0.4, -0.2) is 28.8 Å². The summed E-state index contributed by atoms with van der Waals surface area (Å²) in [4.78, 5) is 12.1. The van der Waals surface area contributed by atoms with Crippen molar-refractivity contribution in [3.05, 3.63) is 40.5 Å². The number of rotatable bonds is 6. The van der Waals surface area contributed by atoms with Crippen molar-refractivity contribution in [3.8, 4) is 11.3 Å². The fourth-order valence-corrected chi connectivity index (χ4v) is 2.81. The lowest BCUT2D eigenvalue weighted by Gasteiger charge is -2.09. The zero-order valence-electron chi connectivity index (χ0n) is 13.5. The molecule has 0 bridgehead atoms. The number of nitrogens with zero attached hydrogens (tertiary/aromatic N) is 1. The van der Waals surface area contributed by atoms with Crippen LogP contribution in [0.25, 0.3) is 11.3 Å². The molecule has 0 saturated heterocycles. The van der Waals surface area contributed by atoms with Crippen molar-refractivity contribution < 1.29 is 27.6 Å². The van der Waals surface area contributed by atoms with Gasteiger partial charge in [0.1, 0.15) is 5.02 Å². The summed E-state index contributed by atoms with van der Waals surface area (Å²) < 4.78 is 42.9. The normalized spacial score (nSPS) is 15.7. The van der Waals surface area contributed by atoms with Gasteiger partial charge in [0, 0.05) is 12.1 Å². The van der Waals surface area contributed by atoms with Gasteiger partial charge in [0.05, 0.1) is 11.7 Å². The van der Waals surface area contributed by atoms with Gasteiger partial charge in [0.2, 0.25) is 0 Å². The largest absolute Gasteiger partial charge is 0.416 e. The Kier molecular flexibility index (Phi) is 5.24. The molecule has 26 heavy (non-hydrogen) atoms. The molecule has 1 atom stereocenters. The van der Waals surface area contributed by atoms with E-state index in [0.29, 0.717) is 12.3 Å². The molecule has 3 rings (SSSR count). The predicted molar refractivity (Wildman–Crippen MR) is 87.6 cm³/mol. The molecular formula is C17H16ClF3N2O3. The third kappa shape index (κ3) is 4.19. The van der Waals surface area contributed by atoms with Crippen molar-refractivity contribution >= 4 is 17.5 Å². The second kappa shape index (κ2) is 7.28. The number of carbonyl (C=O) groups is 1. The fraction of sp³-hybridized carbons (Fsp3) is 0.412. The Hall–Kier alpha value is -2.06. The molecule has 0 radical (unpaired) electrons. The van der Waals surface area contributed by atoms with Gasteiger partial charge in [0.25, 0.3) is 5.91 Å². The van der Waals surface area contributed by atoms with Crippen LogP contribution in [0.2, 0.25) is 5.02 Å². The van der Waals surface area contributed by atoms with Crippen LogP contribution < -0.4 is 5.32 Å². The summed E-state index contributed by atoms with van der Waals surface area (Å²) in [6, 6.07) is 4.19. The van der Waals surface area contributed by atoms with Crippen LogP contribution in [0.5, 0.6) is 0 Å². The van der Waals surface area contributed by atoms with Crippen molar-refractivity contribution in [2.45, 2.75) is 31.5 Å². The highest BCUT2D eigenvalue weighted by atomic mass is 35.5. The van der Waals surface area contributed by atoms with Crippen LogP contribution in [0.3, 0.4) is 0 Å². The van der Waals surface area contributed by atoms with Crippen LogP contribution in [0.15, 0.2) is 28.8 Å². The molecule has 2 N–H and O–H groups in total. The van der Waals surface area contributed by atoms with Crippen molar-refractivity contribution in [3.63, 3.8) is 0 Å². The number of hydrogen-bond donors (Lipinski definition) is 2. The summed E-state index contributed by atoms with van der Waals surface area (Å²) >= 11 is 6.10. The van der Waals surface area contributed by atoms with E-state index >= 15 is 0 Å². The number of aromatic nitrogens is 1. The summed E-state index contributed by atoms with van der Waals surface area (Å²) in [5.41, 5.74) is -0.676. The van der Waals surface area contributed by atoms with Gasteiger partial charge in [-0.3, -0.25) is 4.79 Å². The van der Waals surface area contributed by atoms with E-state index in [0.717, 1.165) is 25.0 Å². The van der Waals surface area contributed by atoms with Crippen LogP contribution in [0, 0.1) is 5.92 Å². The molecule has 1 aliphatic rings. The minimum atomic E-state index is -4.44. The van der Waals surface area contributed by atoms with Gasteiger partial charge in [-0.25, -0.2) is 0 Å². The van der Waals surface area contributed by atoms with E-state index < -0.39 is 23.8 Å². The SMILES string of the molecule is O=C(NCCC(O)C1CC1)c1noc(-c2ccc(C(F)(F)F)cc2)c1Cl. The molecule has 2 aromatic rings. The maximum atomic E-state index is 12.6. The molecule has 1 aliphatic carbocycles. The molecule has 1 aromatic heterocycles. The highest BCUT2D eigenvalue weighted by Gasteiger charge is 2.31. The first kappa shape index (κ1) is 18.7. The first-order valence-corrected chi connectivity index (χ1v) is 8.44. The Morgan fingerprint density at radius 3 is 2.58 bits per heavy atom. The number of benzene rings is 1. The van der Waals surface area contributed by atoms with Gasteiger partial charge in [0.15, 0.2) is 11.5 Å². The minimum absolute atomic E-state index is 0.0172. The molecule has 0 spiro atoms. The van der Waals surface area contributed by atoms with E-state index in [1.165, 1.54) is 12.1 Å². The molecular weight excluding hydrogens is 373 g/mol. The standard InChI is InChI=1S/C17H16ClF3N2O3/c18-13-14(16(25)22-8-7-12(24)9-1-2-9)23-26-15(13)10-3-5-11(6-4-10)17(19,20)21/h3-6,9,12,24H,1-2,7-8H2,(H,22,25). The topological polar surface area (TPSA) is 75.4 Å². The molecule has 1 amide bonds. The maximum Gasteiger partial charge on any atom is 0.416 e.